The van der Waals surface area contributed by atoms with E-state index in [0.29, 0.717) is 11.5 Å². The van der Waals surface area contributed by atoms with E-state index in [1.807, 2.05) is 18.2 Å². The monoisotopic (exact) mass is 256 g/mol. The third-order valence-corrected chi connectivity index (χ3v) is 4.20. The Balaban J connectivity index is 2.21. The Hall–Kier alpha value is -1.74. The number of aromatic nitrogens is 1. The molecule has 19 heavy (non-hydrogen) atoms. The van der Waals surface area contributed by atoms with Crippen LogP contribution >= 0.6 is 0 Å². The van der Waals surface area contributed by atoms with Gasteiger partial charge in [-0.2, -0.15) is 0 Å². The van der Waals surface area contributed by atoms with Crippen molar-refractivity contribution in [1.82, 2.24) is 4.98 Å². The van der Waals surface area contributed by atoms with Crippen molar-refractivity contribution in [3.05, 3.63) is 65.2 Å². The molecule has 2 aromatic rings. The summed E-state index contributed by atoms with van der Waals surface area (Å²) in [6.07, 6.45) is 4.57. The van der Waals surface area contributed by atoms with Crippen LogP contribution in [0.4, 0.5) is 4.39 Å². The normalized spacial score (nSPS) is 25.9. The van der Waals surface area contributed by atoms with E-state index in [-0.39, 0.29) is 5.82 Å². The maximum atomic E-state index is 14.1. The first kappa shape index (κ1) is 12.3. The first-order valence-corrected chi connectivity index (χ1v) is 6.61. The number of rotatable bonds is 1. The molecule has 1 aromatic heterocycles. The van der Waals surface area contributed by atoms with Crippen molar-refractivity contribution >= 4 is 0 Å². The third-order valence-electron chi connectivity index (χ3n) is 4.20. The van der Waals surface area contributed by atoms with Gasteiger partial charge in [-0.05, 0) is 36.0 Å². The summed E-state index contributed by atoms with van der Waals surface area (Å²) < 4.78 is 14.1. The molecule has 2 atom stereocenters. The molecule has 3 rings (SSSR count). The number of halogens is 1. The summed E-state index contributed by atoms with van der Waals surface area (Å²) in [5, 5.41) is 0. The summed E-state index contributed by atoms with van der Waals surface area (Å²) in [4.78, 5) is 3.81. The average Bonchev–Trinajstić information content (AvgIpc) is 2.44. The zero-order valence-corrected chi connectivity index (χ0v) is 10.9. The van der Waals surface area contributed by atoms with Gasteiger partial charge in [-0.15, -0.1) is 0 Å². The van der Waals surface area contributed by atoms with Gasteiger partial charge < -0.3 is 5.73 Å². The largest absolute Gasteiger partial charge is 0.318 e. The van der Waals surface area contributed by atoms with Crippen molar-refractivity contribution in [2.45, 2.75) is 31.2 Å². The number of benzene rings is 1. The van der Waals surface area contributed by atoms with Crippen LogP contribution in [0.2, 0.25) is 0 Å². The molecular weight excluding hydrogens is 239 g/mol. The van der Waals surface area contributed by atoms with Crippen molar-refractivity contribution in [3.63, 3.8) is 0 Å². The van der Waals surface area contributed by atoms with E-state index >= 15 is 0 Å². The number of fused-ring (bicyclic) bond motifs is 1. The summed E-state index contributed by atoms with van der Waals surface area (Å²) in [5.74, 6) is 0.145. The molecule has 0 bridgehead atoms. The molecule has 1 aliphatic carbocycles. The third kappa shape index (κ3) is 1.85. The van der Waals surface area contributed by atoms with E-state index in [1.54, 1.807) is 12.3 Å². The highest BCUT2D eigenvalue weighted by atomic mass is 19.1. The minimum atomic E-state index is -0.740. The smallest absolute Gasteiger partial charge is 0.146 e. The molecule has 0 radical (unpaired) electrons. The fourth-order valence-corrected chi connectivity index (χ4v) is 3.08. The summed E-state index contributed by atoms with van der Waals surface area (Å²) in [6.45, 7) is 2.20. The highest BCUT2D eigenvalue weighted by Gasteiger charge is 2.38. The van der Waals surface area contributed by atoms with Crippen LogP contribution in [0.1, 0.15) is 42.4 Å². The SMILES string of the molecule is CC1CCC(N)(c2ccncc2F)c2ccccc21. The molecular formula is C16H17FN2. The summed E-state index contributed by atoms with van der Waals surface area (Å²) >= 11 is 0. The quantitative estimate of drug-likeness (QED) is 0.850. The molecule has 1 heterocycles. The number of nitrogens with two attached hydrogens (primary N) is 1. The molecule has 0 saturated heterocycles. The van der Waals surface area contributed by atoms with Gasteiger partial charge in [0.25, 0.3) is 0 Å². The number of hydrogen-bond acceptors (Lipinski definition) is 2. The van der Waals surface area contributed by atoms with Crippen LogP contribution in [0, 0.1) is 5.82 Å². The Morgan fingerprint density at radius 3 is 2.84 bits per heavy atom. The number of nitrogens with zero attached hydrogens (tertiary/aromatic N) is 1. The van der Waals surface area contributed by atoms with Gasteiger partial charge in [0.15, 0.2) is 0 Å². The van der Waals surface area contributed by atoms with E-state index < -0.39 is 5.54 Å². The van der Waals surface area contributed by atoms with Crippen LogP contribution in [-0.4, -0.2) is 4.98 Å². The molecule has 0 spiro atoms. The van der Waals surface area contributed by atoms with E-state index in [2.05, 4.69) is 18.0 Å². The van der Waals surface area contributed by atoms with Crippen LogP contribution < -0.4 is 5.73 Å². The maximum absolute atomic E-state index is 14.1. The van der Waals surface area contributed by atoms with Crippen molar-refractivity contribution < 1.29 is 4.39 Å². The predicted molar refractivity (Wildman–Crippen MR) is 73.3 cm³/mol. The Bertz CT molecular complexity index is 611. The van der Waals surface area contributed by atoms with Gasteiger partial charge in [0.05, 0.1) is 11.7 Å². The van der Waals surface area contributed by atoms with Crippen LogP contribution in [0.3, 0.4) is 0 Å². The molecule has 3 heteroatoms. The van der Waals surface area contributed by atoms with E-state index in [9.17, 15) is 4.39 Å². The fraction of sp³-hybridized carbons (Fsp3) is 0.312. The number of pyridine rings is 1. The second-order valence-electron chi connectivity index (χ2n) is 5.35. The van der Waals surface area contributed by atoms with Gasteiger partial charge in [-0.3, -0.25) is 4.98 Å². The fourth-order valence-electron chi connectivity index (χ4n) is 3.08. The highest BCUT2D eigenvalue weighted by molar-refractivity contribution is 5.45. The van der Waals surface area contributed by atoms with E-state index in [4.69, 9.17) is 5.73 Å². The first-order chi connectivity index (χ1) is 9.13. The Morgan fingerprint density at radius 2 is 2.05 bits per heavy atom. The lowest BCUT2D eigenvalue weighted by Gasteiger charge is -2.39. The standard InChI is InChI=1S/C16H17FN2/c1-11-6-8-16(18,13-5-3-2-4-12(11)13)14-7-9-19-10-15(14)17/h2-5,7,9-11H,6,8,18H2,1H3. The van der Waals surface area contributed by atoms with Gasteiger partial charge in [-0.1, -0.05) is 31.2 Å². The van der Waals surface area contributed by atoms with Gasteiger partial charge >= 0.3 is 0 Å². The molecule has 1 aliphatic rings. The van der Waals surface area contributed by atoms with Crippen molar-refractivity contribution in [1.29, 1.82) is 0 Å². The Labute approximate surface area is 112 Å². The van der Waals surface area contributed by atoms with E-state index in [0.717, 1.165) is 18.4 Å². The molecule has 1 aromatic carbocycles. The van der Waals surface area contributed by atoms with E-state index in [1.165, 1.54) is 11.8 Å². The summed E-state index contributed by atoms with van der Waals surface area (Å²) in [5.41, 5.74) is 8.66. The van der Waals surface area contributed by atoms with Gasteiger partial charge in [0.1, 0.15) is 5.82 Å². The van der Waals surface area contributed by atoms with Crippen molar-refractivity contribution in [2.75, 3.05) is 0 Å². The zero-order valence-electron chi connectivity index (χ0n) is 10.9. The Morgan fingerprint density at radius 1 is 1.26 bits per heavy atom. The molecule has 0 aliphatic heterocycles. The lowest BCUT2D eigenvalue weighted by Crippen LogP contribution is -2.42. The first-order valence-electron chi connectivity index (χ1n) is 6.61. The van der Waals surface area contributed by atoms with Gasteiger partial charge in [0, 0.05) is 11.8 Å². The van der Waals surface area contributed by atoms with Crippen molar-refractivity contribution in [3.8, 4) is 0 Å². The van der Waals surface area contributed by atoms with Crippen LogP contribution in [0.15, 0.2) is 42.7 Å². The minimum absolute atomic E-state index is 0.325. The lowest BCUT2D eigenvalue weighted by molar-refractivity contribution is 0.395. The van der Waals surface area contributed by atoms with Crippen LogP contribution in [0.25, 0.3) is 0 Å². The van der Waals surface area contributed by atoms with Crippen LogP contribution in [-0.2, 0) is 5.54 Å². The van der Waals surface area contributed by atoms with Crippen LogP contribution in [0.5, 0.6) is 0 Å². The molecule has 2 N–H and O–H groups in total. The maximum Gasteiger partial charge on any atom is 0.146 e. The lowest BCUT2D eigenvalue weighted by atomic mass is 9.70. The molecule has 98 valence electrons. The molecule has 2 nitrogen and oxygen atoms in total. The zero-order chi connectivity index (χ0) is 13.5. The highest BCUT2D eigenvalue weighted by Crippen LogP contribution is 2.43. The minimum Gasteiger partial charge on any atom is -0.318 e. The average molecular weight is 256 g/mol. The van der Waals surface area contributed by atoms with Gasteiger partial charge in [-0.25, -0.2) is 4.39 Å². The second kappa shape index (κ2) is 4.42. The summed E-state index contributed by atoms with van der Waals surface area (Å²) in [7, 11) is 0. The number of hydrogen-bond donors (Lipinski definition) is 1. The molecule has 0 amide bonds. The topological polar surface area (TPSA) is 38.9 Å². The molecule has 0 saturated carbocycles. The predicted octanol–water partition coefficient (Wildman–Crippen LogP) is 3.32. The summed E-state index contributed by atoms with van der Waals surface area (Å²) in [6, 6.07) is 9.80. The van der Waals surface area contributed by atoms with Gasteiger partial charge in [0.2, 0.25) is 0 Å². The molecule has 0 fully saturated rings. The van der Waals surface area contributed by atoms with Crippen molar-refractivity contribution in [2.24, 2.45) is 5.73 Å². The second-order valence-corrected chi connectivity index (χ2v) is 5.35. The molecule has 2 unspecified atom stereocenters. The Kier molecular flexibility index (Phi) is 2.86.